The molecule has 1 aromatic rings. The molecule has 0 aliphatic carbocycles. The number of likely N-dealkylation sites (tertiary alicyclic amines) is 1. The summed E-state index contributed by atoms with van der Waals surface area (Å²) in [5.74, 6) is 0. The Morgan fingerprint density at radius 1 is 1.47 bits per heavy atom. The van der Waals surface area contributed by atoms with Crippen molar-refractivity contribution in [2.24, 2.45) is 0 Å². The molecule has 1 saturated heterocycles. The maximum atomic E-state index is 10.9. The molecule has 1 heterocycles. The van der Waals surface area contributed by atoms with E-state index in [9.17, 15) is 15.2 Å². The van der Waals surface area contributed by atoms with Crippen molar-refractivity contribution in [2.75, 3.05) is 6.54 Å². The summed E-state index contributed by atoms with van der Waals surface area (Å²) in [6, 6.07) is 10.0. The first-order chi connectivity index (χ1) is 8.94. The first-order valence-electron chi connectivity index (χ1n) is 6.30. The predicted octanol–water partition coefficient (Wildman–Crippen LogP) is 2.32. The molecule has 1 aliphatic rings. The van der Waals surface area contributed by atoms with E-state index >= 15 is 0 Å². The number of hydrogen-bond donors (Lipinski definition) is 1. The third-order valence-electron chi connectivity index (χ3n) is 3.74. The minimum absolute atomic E-state index is 0.0167. The van der Waals surface area contributed by atoms with Crippen LogP contribution in [0.25, 0.3) is 0 Å². The first-order valence-corrected chi connectivity index (χ1v) is 6.30. The highest BCUT2D eigenvalue weighted by molar-refractivity contribution is 5.20. The average Bonchev–Trinajstić information content (AvgIpc) is 2.39. The molecule has 0 aromatic heterocycles. The number of nitro groups is 1. The predicted molar refractivity (Wildman–Crippen MR) is 71.9 cm³/mol. The van der Waals surface area contributed by atoms with Crippen LogP contribution in [0.2, 0.25) is 0 Å². The lowest BCUT2D eigenvalue weighted by atomic mass is 9.95. The number of benzene rings is 1. The van der Waals surface area contributed by atoms with Gasteiger partial charge in [0.2, 0.25) is 0 Å². The van der Waals surface area contributed by atoms with Gasteiger partial charge in [0.05, 0.1) is 23.8 Å². The summed E-state index contributed by atoms with van der Waals surface area (Å²) >= 11 is 0. The fourth-order valence-electron chi connectivity index (χ4n) is 2.51. The van der Waals surface area contributed by atoms with Gasteiger partial charge in [-0.3, -0.25) is 10.1 Å². The van der Waals surface area contributed by atoms with Gasteiger partial charge < -0.3 is 10.0 Å². The van der Waals surface area contributed by atoms with E-state index in [0.717, 1.165) is 5.56 Å². The highest BCUT2D eigenvalue weighted by Crippen LogP contribution is 2.34. The second kappa shape index (κ2) is 5.01. The van der Waals surface area contributed by atoms with E-state index in [0.29, 0.717) is 12.2 Å². The maximum Gasteiger partial charge on any atom is 0.329 e. The molecule has 2 rings (SSSR count). The van der Waals surface area contributed by atoms with Crippen LogP contribution >= 0.6 is 0 Å². The second-order valence-corrected chi connectivity index (χ2v) is 5.01. The van der Waals surface area contributed by atoms with Gasteiger partial charge in [-0.15, -0.1) is 0 Å². The number of piperidine rings is 1. The van der Waals surface area contributed by atoms with Crippen LogP contribution in [0, 0.1) is 10.1 Å². The van der Waals surface area contributed by atoms with E-state index in [1.54, 1.807) is 0 Å². The van der Waals surface area contributed by atoms with Gasteiger partial charge in [0, 0.05) is 12.2 Å². The normalized spacial score (nSPS) is 25.2. The molecule has 1 aliphatic heterocycles. The van der Waals surface area contributed by atoms with Gasteiger partial charge in [-0.2, -0.15) is 0 Å². The maximum absolute atomic E-state index is 10.9. The summed E-state index contributed by atoms with van der Waals surface area (Å²) in [7, 11) is 0. The summed E-state index contributed by atoms with van der Waals surface area (Å²) in [5, 5.41) is 20.8. The molecule has 1 N–H and O–H groups in total. The lowest BCUT2D eigenvalue weighted by Crippen LogP contribution is -2.48. The smallest absolute Gasteiger partial charge is 0.329 e. The fourth-order valence-corrected chi connectivity index (χ4v) is 2.51. The van der Waals surface area contributed by atoms with Crippen LogP contribution in [0.5, 0.6) is 0 Å². The highest BCUT2D eigenvalue weighted by atomic mass is 16.7. The lowest BCUT2D eigenvalue weighted by Gasteiger charge is -2.39. The quantitative estimate of drug-likeness (QED) is 0.515. The molecule has 5 heteroatoms. The Balaban J connectivity index is 2.13. The minimum atomic E-state index is -1.86. The second-order valence-electron chi connectivity index (χ2n) is 5.01. The fraction of sp³-hybridized carbons (Fsp3) is 0.429. The largest absolute Gasteiger partial charge is 0.368 e. The zero-order chi connectivity index (χ0) is 14.0. The van der Waals surface area contributed by atoms with Crippen molar-refractivity contribution in [1.82, 2.24) is 4.90 Å². The van der Waals surface area contributed by atoms with Gasteiger partial charge in [0.1, 0.15) is 0 Å². The zero-order valence-corrected chi connectivity index (χ0v) is 11.0. The van der Waals surface area contributed by atoms with E-state index in [1.807, 2.05) is 42.2 Å². The van der Waals surface area contributed by atoms with E-state index in [4.69, 9.17) is 0 Å². The lowest BCUT2D eigenvalue weighted by molar-refractivity contribution is -0.628. The molecule has 2 atom stereocenters. The summed E-state index contributed by atoms with van der Waals surface area (Å²) < 4.78 is 0. The van der Waals surface area contributed by atoms with Crippen molar-refractivity contribution < 1.29 is 10.0 Å². The third-order valence-corrected chi connectivity index (χ3v) is 3.74. The summed E-state index contributed by atoms with van der Waals surface area (Å²) in [6.45, 7) is 6.36. The number of nitrogens with zero attached hydrogens (tertiary/aromatic N) is 2. The number of aliphatic hydroxyl groups is 1. The molecule has 0 amide bonds. The van der Waals surface area contributed by atoms with Crippen LogP contribution in [0.3, 0.4) is 0 Å². The number of hydrogen-bond acceptors (Lipinski definition) is 4. The summed E-state index contributed by atoms with van der Waals surface area (Å²) in [5.41, 5.74) is -0.110. The van der Waals surface area contributed by atoms with Gasteiger partial charge in [-0.1, -0.05) is 36.9 Å². The summed E-state index contributed by atoms with van der Waals surface area (Å²) in [6.07, 6.45) is 0.105. The molecule has 0 bridgehead atoms. The standard InChI is InChI=1S/C14H18N2O3/c1-11-10-14(17,16(18)19)8-9-15(11)12(2)13-6-4-3-5-7-13/h3-7,12,17H,1,8-10H2,2H3. The van der Waals surface area contributed by atoms with Crippen molar-refractivity contribution in [2.45, 2.75) is 31.5 Å². The zero-order valence-electron chi connectivity index (χ0n) is 11.0. The molecule has 102 valence electrons. The molecule has 19 heavy (non-hydrogen) atoms. The highest BCUT2D eigenvalue weighted by Gasteiger charge is 2.45. The minimum Gasteiger partial charge on any atom is -0.368 e. The van der Waals surface area contributed by atoms with Gasteiger partial charge in [0.15, 0.2) is 0 Å². The molecule has 5 nitrogen and oxygen atoms in total. The summed E-state index contributed by atoms with van der Waals surface area (Å²) in [4.78, 5) is 12.3. The Morgan fingerprint density at radius 3 is 2.63 bits per heavy atom. The monoisotopic (exact) mass is 262 g/mol. The Hall–Kier alpha value is -1.88. The molecule has 1 aromatic carbocycles. The van der Waals surface area contributed by atoms with Gasteiger partial charge in [0.25, 0.3) is 0 Å². The van der Waals surface area contributed by atoms with E-state index in [2.05, 4.69) is 6.58 Å². The van der Waals surface area contributed by atoms with Gasteiger partial charge in [-0.25, -0.2) is 0 Å². The van der Waals surface area contributed by atoms with Crippen molar-refractivity contribution in [3.63, 3.8) is 0 Å². The SMILES string of the molecule is C=C1CC(O)([N+](=O)[O-])CCN1C(C)c1ccccc1. The van der Waals surface area contributed by atoms with Crippen LogP contribution in [0.4, 0.5) is 0 Å². The molecule has 1 fully saturated rings. The average molecular weight is 262 g/mol. The van der Waals surface area contributed by atoms with Crippen LogP contribution < -0.4 is 0 Å². The topological polar surface area (TPSA) is 66.6 Å². The van der Waals surface area contributed by atoms with Crippen LogP contribution in [-0.4, -0.2) is 27.2 Å². The van der Waals surface area contributed by atoms with Crippen molar-refractivity contribution in [3.8, 4) is 0 Å². The Labute approximate surface area is 112 Å². The van der Waals surface area contributed by atoms with E-state index in [1.165, 1.54) is 0 Å². The third kappa shape index (κ3) is 2.61. The molecule has 0 radical (unpaired) electrons. The first kappa shape index (κ1) is 13.5. The van der Waals surface area contributed by atoms with E-state index in [-0.39, 0.29) is 18.9 Å². The molecular formula is C14H18N2O3. The van der Waals surface area contributed by atoms with Crippen molar-refractivity contribution in [3.05, 3.63) is 58.3 Å². The van der Waals surface area contributed by atoms with Crippen molar-refractivity contribution in [1.29, 1.82) is 0 Å². The van der Waals surface area contributed by atoms with Gasteiger partial charge in [-0.05, 0) is 12.5 Å². The molecular weight excluding hydrogens is 244 g/mol. The Morgan fingerprint density at radius 2 is 2.11 bits per heavy atom. The van der Waals surface area contributed by atoms with Crippen LogP contribution in [0.15, 0.2) is 42.6 Å². The van der Waals surface area contributed by atoms with E-state index < -0.39 is 10.6 Å². The Kier molecular flexibility index (Phi) is 3.57. The van der Waals surface area contributed by atoms with Gasteiger partial charge >= 0.3 is 5.72 Å². The van der Waals surface area contributed by atoms with Crippen LogP contribution in [0.1, 0.15) is 31.4 Å². The molecule has 0 spiro atoms. The molecule has 0 saturated carbocycles. The van der Waals surface area contributed by atoms with Crippen LogP contribution in [-0.2, 0) is 0 Å². The number of rotatable bonds is 3. The molecule has 2 unspecified atom stereocenters. The van der Waals surface area contributed by atoms with Crippen molar-refractivity contribution >= 4 is 0 Å². The Bertz CT molecular complexity index is 489.